The molecule has 1 aliphatic heterocycles. The summed E-state index contributed by atoms with van der Waals surface area (Å²) < 4.78 is 26.4. The first-order chi connectivity index (χ1) is 8.93. The van der Waals surface area contributed by atoms with Crippen LogP contribution in [0.1, 0.15) is 36.9 Å². The third-order valence-corrected chi connectivity index (χ3v) is 4.15. The van der Waals surface area contributed by atoms with Crippen molar-refractivity contribution < 1.29 is 8.78 Å². The number of likely N-dealkylation sites (tertiary alicyclic amines) is 1. The van der Waals surface area contributed by atoms with Gasteiger partial charge in [0.15, 0.2) is 0 Å². The zero-order chi connectivity index (χ0) is 14.0. The minimum atomic E-state index is -2.60. The summed E-state index contributed by atoms with van der Waals surface area (Å²) in [4.78, 5) is 6.07. The van der Waals surface area contributed by atoms with Crippen molar-refractivity contribution in [2.24, 2.45) is 0 Å². The summed E-state index contributed by atoms with van der Waals surface area (Å²) in [5.41, 5.74) is 2.28. The lowest BCUT2D eigenvalue weighted by Gasteiger charge is -2.19. The molecule has 0 radical (unpaired) electrons. The third kappa shape index (κ3) is 3.21. The molecule has 0 atom stereocenters. The zero-order valence-corrected chi connectivity index (χ0v) is 11.9. The van der Waals surface area contributed by atoms with Crippen LogP contribution in [0.2, 0.25) is 0 Å². The van der Waals surface area contributed by atoms with Crippen molar-refractivity contribution in [1.82, 2.24) is 9.88 Å². The number of halogens is 2. The van der Waals surface area contributed by atoms with Crippen molar-refractivity contribution in [3.05, 3.63) is 29.2 Å². The summed E-state index contributed by atoms with van der Waals surface area (Å²) in [6.07, 6.45) is 1.82. The van der Waals surface area contributed by atoms with Crippen LogP contribution in [0, 0.1) is 0 Å². The van der Waals surface area contributed by atoms with E-state index in [1.165, 1.54) is 11.3 Å². The van der Waals surface area contributed by atoms with E-state index in [2.05, 4.69) is 25.1 Å². The van der Waals surface area contributed by atoms with Crippen molar-refractivity contribution in [2.45, 2.75) is 32.1 Å². The number of hydrogen-bond acceptors (Lipinski definition) is 3. The monoisotopic (exact) mass is 284 g/mol. The van der Waals surface area contributed by atoms with Crippen LogP contribution in [-0.4, -0.2) is 28.9 Å². The van der Waals surface area contributed by atoms with Gasteiger partial charge >= 0.3 is 0 Å². The van der Waals surface area contributed by atoms with Gasteiger partial charge in [-0.2, -0.15) is 0 Å². The highest BCUT2D eigenvalue weighted by molar-refractivity contribution is 7.10. The Hall–Kier alpha value is -1.23. The molecule has 0 unspecified atom stereocenters. The molecule has 104 valence electrons. The second kappa shape index (κ2) is 5.41. The maximum absolute atomic E-state index is 13.2. The first-order valence-electron chi connectivity index (χ1n) is 6.38. The Morgan fingerprint density at radius 2 is 2.26 bits per heavy atom. The lowest BCUT2D eigenvalue weighted by Crippen LogP contribution is -2.23. The van der Waals surface area contributed by atoms with E-state index in [1.807, 2.05) is 5.38 Å². The second-order valence-corrected chi connectivity index (χ2v) is 5.72. The van der Waals surface area contributed by atoms with Gasteiger partial charge in [-0.3, -0.25) is 0 Å². The van der Waals surface area contributed by atoms with E-state index in [1.54, 1.807) is 4.90 Å². The molecule has 2 heterocycles. The Morgan fingerprint density at radius 1 is 1.53 bits per heavy atom. The Labute approximate surface area is 116 Å². The standard InChI is InChI=1S/C14H18F2N2S/c1-4-5-10(2)13-17-12(8-19-13)11(3)18-7-6-14(15,16)9-18/h8H,2-7,9H2,1H3. The van der Waals surface area contributed by atoms with Crippen LogP contribution in [0.25, 0.3) is 11.3 Å². The fourth-order valence-electron chi connectivity index (χ4n) is 2.11. The van der Waals surface area contributed by atoms with Crippen molar-refractivity contribution >= 4 is 22.6 Å². The van der Waals surface area contributed by atoms with Crippen LogP contribution in [0.15, 0.2) is 18.5 Å². The van der Waals surface area contributed by atoms with E-state index in [-0.39, 0.29) is 13.0 Å². The predicted molar refractivity (Wildman–Crippen MR) is 76.2 cm³/mol. The van der Waals surface area contributed by atoms with Crippen LogP contribution in [0.3, 0.4) is 0 Å². The van der Waals surface area contributed by atoms with Gasteiger partial charge in [-0.25, -0.2) is 13.8 Å². The number of alkyl halides is 2. The van der Waals surface area contributed by atoms with Gasteiger partial charge in [0, 0.05) is 18.3 Å². The molecule has 0 saturated carbocycles. The fraction of sp³-hybridized carbons (Fsp3) is 0.500. The van der Waals surface area contributed by atoms with Crippen molar-refractivity contribution in [1.29, 1.82) is 0 Å². The maximum atomic E-state index is 13.2. The molecule has 0 aliphatic carbocycles. The van der Waals surface area contributed by atoms with Crippen LogP contribution < -0.4 is 0 Å². The third-order valence-electron chi connectivity index (χ3n) is 3.21. The van der Waals surface area contributed by atoms with Gasteiger partial charge in [-0.15, -0.1) is 11.3 Å². The van der Waals surface area contributed by atoms with Gasteiger partial charge < -0.3 is 4.90 Å². The average molecular weight is 284 g/mol. The number of nitrogens with zero attached hydrogens (tertiary/aromatic N) is 2. The summed E-state index contributed by atoms with van der Waals surface area (Å²) in [5.74, 6) is -2.60. The lowest BCUT2D eigenvalue weighted by molar-refractivity contribution is 0.0169. The molecule has 0 aromatic carbocycles. The minimum Gasteiger partial charge on any atom is -0.364 e. The van der Waals surface area contributed by atoms with E-state index < -0.39 is 5.92 Å². The highest BCUT2D eigenvalue weighted by atomic mass is 32.1. The van der Waals surface area contributed by atoms with E-state index >= 15 is 0 Å². The van der Waals surface area contributed by atoms with Gasteiger partial charge in [-0.05, 0) is 12.0 Å². The SMILES string of the molecule is C=C(CCC)c1nc(C(=C)N2CCC(F)(F)C2)cs1. The number of rotatable bonds is 5. The van der Waals surface area contributed by atoms with E-state index in [4.69, 9.17) is 0 Å². The predicted octanol–water partition coefficient (Wildman–Crippen LogP) is 4.27. The molecule has 1 aromatic rings. The summed E-state index contributed by atoms with van der Waals surface area (Å²) in [6.45, 7) is 10.1. The molecule has 2 rings (SSSR count). The van der Waals surface area contributed by atoms with Crippen LogP contribution in [-0.2, 0) is 0 Å². The van der Waals surface area contributed by atoms with Gasteiger partial charge in [0.05, 0.1) is 17.9 Å². The Morgan fingerprint density at radius 3 is 2.84 bits per heavy atom. The highest BCUT2D eigenvalue weighted by Crippen LogP contribution is 2.33. The zero-order valence-electron chi connectivity index (χ0n) is 11.1. The first kappa shape index (κ1) is 14.2. The molecular formula is C14H18F2N2S. The molecule has 1 fully saturated rings. The van der Waals surface area contributed by atoms with E-state index in [0.29, 0.717) is 17.9 Å². The molecule has 0 N–H and O–H groups in total. The molecule has 19 heavy (non-hydrogen) atoms. The second-order valence-electron chi connectivity index (χ2n) is 4.87. The molecule has 1 aromatic heterocycles. The molecular weight excluding hydrogens is 266 g/mol. The number of thiazole rings is 1. The number of aromatic nitrogens is 1. The molecule has 5 heteroatoms. The lowest BCUT2D eigenvalue weighted by atomic mass is 10.2. The van der Waals surface area contributed by atoms with E-state index in [0.717, 1.165) is 23.4 Å². The Balaban J connectivity index is 2.07. The van der Waals surface area contributed by atoms with Crippen LogP contribution in [0.4, 0.5) is 8.78 Å². The molecule has 0 spiro atoms. The van der Waals surface area contributed by atoms with Crippen LogP contribution >= 0.6 is 11.3 Å². The first-order valence-corrected chi connectivity index (χ1v) is 7.26. The highest BCUT2D eigenvalue weighted by Gasteiger charge is 2.39. The summed E-state index contributed by atoms with van der Waals surface area (Å²) in [7, 11) is 0. The molecule has 0 bridgehead atoms. The van der Waals surface area contributed by atoms with Gasteiger partial charge in [0.1, 0.15) is 5.01 Å². The summed E-state index contributed by atoms with van der Waals surface area (Å²) >= 11 is 1.50. The molecule has 1 aliphatic rings. The largest absolute Gasteiger partial charge is 0.364 e. The summed E-state index contributed by atoms with van der Waals surface area (Å²) in [5, 5.41) is 2.75. The fourth-order valence-corrected chi connectivity index (χ4v) is 2.94. The topological polar surface area (TPSA) is 16.1 Å². The summed E-state index contributed by atoms with van der Waals surface area (Å²) in [6, 6.07) is 0. The molecule has 2 nitrogen and oxygen atoms in total. The molecule has 1 saturated heterocycles. The Bertz CT molecular complexity index is 493. The molecule has 0 amide bonds. The number of hydrogen-bond donors (Lipinski definition) is 0. The normalized spacial score (nSPS) is 17.7. The van der Waals surface area contributed by atoms with Gasteiger partial charge in [0.2, 0.25) is 0 Å². The van der Waals surface area contributed by atoms with Gasteiger partial charge in [0.25, 0.3) is 5.92 Å². The average Bonchev–Trinajstić information content (AvgIpc) is 2.95. The van der Waals surface area contributed by atoms with Gasteiger partial charge in [-0.1, -0.05) is 26.5 Å². The number of allylic oxidation sites excluding steroid dienone is 1. The Kier molecular flexibility index (Phi) is 4.04. The van der Waals surface area contributed by atoms with Crippen molar-refractivity contribution in [3.63, 3.8) is 0 Å². The van der Waals surface area contributed by atoms with Crippen molar-refractivity contribution in [3.8, 4) is 0 Å². The minimum absolute atomic E-state index is 0.106. The smallest absolute Gasteiger partial charge is 0.266 e. The van der Waals surface area contributed by atoms with Crippen LogP contribution in [0.5, 0.6) is 0 Å². The van der Waals surface area contributed by atoms with Crippen molar-refractivity contribution in [2.75, 3.05) is 13.1 Å². The van der Waals surface area contributed by atoms with E-state index in [9.17, 15) is 8.78 Å². The maximum Gasteiger partial charge on any atom is 0.266 e. The quantitative estimate of drug-likeness (QED) is 0.802.